The molecule has 0 spiro atoms. The topological polar surface area (TPSA) is 61.8 Å². The van der Waals surface area contributed by atoms with E-state index in [4.69, 9.17) is 9.84 Å². The number of urea groups is 1. The first-order chi connectivity index (χ1) is 9.13. The Morgan fingerprint density at radius 3 is 2.89 bits per heavy atom. The summed E-state index contributed by atoms with van der Waals surface area (Å²) < 4.78 is 5.52. The molecule has 2 fully saturated rings. The van der Waals surface area contributed by atoms with Gasteiger partial charge in [0.15, 0.2) is 0 Å². The van der Waals surface area contributed by atoms with Gasteiger partial charge < -0.3 is 20.1 Å². The molecule has 1 aliphatic carbocycles. The van der Waals surface area contributed by atoms with Crippen molar-refractivity contribution < 1.29 is 14.6 Å². The number of amides is 2. The molecule has 2 aliphatic rings. The summed E-state index contributed by atoms with van der Waals surface area (Å²) in [5.74, 6) is 0. The molecule has 110 valence electrons. The third kappa shape index (κ3) is 4.08. The van der Waals surface area contributed by atoms with Crippen LogP contribution in [0.25, 0.3) is 0 Å². The van der Waals surface area contributed by atoms with E-state index in [1.807, 2.05) is 4.90 Å². The maximum Gasteiger partial charge on any atom is 0.317 e. The number of ether oxygens (including phenoxy) is 1. The van der Waals surface area contributed by atoms with Gasteiger partial charge in [-0.1, -0.05) is 13.3 Å². The monoisotopic (exact) mass is 270 g/mol. The van der Waals surface area contributed by atoms with Gasteiger partial charge in [0, 0.05) is 19.6 Å². The molecule has 1 aliphatic heterocycles. The van der Waals surface area contributed by atoms with Crippen molar-refractivity contribution in [2.24, 2.45) is 5.41 Å². The lowest BCUT2D eigenvalue weighted by Gasteiger charge is -2.39. The van der Waals surface area contributed by atoms with Crippen molar-refractivity contribution in [3.63, 3.8) is 0 Å². The van der Waals surface area contributed by atoms with Gasteiger partial charge in [0.1, 0.15) is 0 Å². The van der Waals surface area contributed by atoms with Crippen molar-refractivity contribution in [3.05, 3.63) is 0 Å². The van der Waals surface area contributed by atoms with Crippen LogP contribution in [0.2, 0.25) is 0 Å². The summed E-state index contributed by atoms with van der Waals surface area (Å²) in [6.45, 7) is 4.87. The Bertz CT molecular complexity index is 305. The lowest BCUT2D eigenvalue weighted by molar-refractivity contribution is -0.00616. The van der Waals surface area contributed by atoms with Crippen molar-refractivity contribution in [1.82, 2.24) is 10.2 Å². The number of carbonyl (C=O) groups is 1. The summed E-state index contributed by atoms with van der Waals surface area (Å²) in [5.41, 5.74) is 0.318. The summed E-state index contributed by atoms with van der Waals surface area (Å²) >= 11 is 0. The highest BCUT2D eigenvalue weighted by Gasteiger charge is 2.33. The van der Waals surface area contributed by atoms with E-state index in [0.29, 0.717) is 18.6 Å². The molecule has 0 aromatic rings. The minimum Gasteiger partial charge on any atom is -0.394 e. The molecule has 0 aromatic carbocycles. The molecule has 2 N–H and O–H groups in total. The lowest BCUT2D eigenvalue weighted by atomic mass is 9.70. The molecule has 5 heteroatoms. The van der Waals surface area contributed by atoms with E-state index in [1.54, 1.807) is 0 Å². The largest absolute Gasteiger partial charge is 0.394 e. The Labute approximate surface area is 115 Å². The maximum absolute atomic E-state index is 12.1. The zero-order valence-electron chi connectivity index (χ0n) is 11.9. The lowest BCUT2D eigenvalue weighted by Crippen LogP contribution is -2.50. The standard InChI is InChI=1S/C14H26N2O3/c1-14(5-3-6-14)11-15-13(18)16-7-2-4-12(10-16)19-9-8-17/h12,17H,2-11H2,1H3,(H,15,18)/t12-/m0/s1. The zero-order valence-corrected chi connectivity index (χ0v) is 11.9. The Balaban J connectivity index is 1.72. The minimum atomic E-state index is 0.0328. The number of nitrogens with zero attached hydrogens (tertiary/aromatic N) is 1. The first kappa shape index (κ1) is 14.6. The summed E-state index contributed by atoms with van der Waals surface area (Å²) in [6.07, 6.45) is 5.74. The third-order valence-electron chi connectivity index (χ3n) is 4.34. The van der Waals surface area contributed by atoms with E-state index in [2.05, 4.69) is 12.2 Å². The van der Waals surface area contributed by atoms with Crippen molar-refractivity contribution >= 4 is 6.03 Å². The van der Waals surface area contributed by atoms with E-state index in [1.165, 1.54) is 19.3 Å². The van der Waals surface area contributed by atoms with Gasteiger partial charge in [0.05, 0.1) is 19.3 Å². The van der Waals surface area contributed by atoms with Crippen molar-refractivity contribution in [2.75, 3.05) is 32.8 Å². The molecule has 19 heavy (non-hydrogen) atoms. The van der Waals surface area contributed by atoms with Crippen molar-refractivity contribution in [3.8, 4) is 0 Å². The number of rotatable bonds is 5. The molecule has 0 bridgehead atoms. The summed E-state index contributed by atoms with van der Waals surface area (Å²) in [4.78, 5) is 14.0. The summed E-state index contributed by atoms with van der Waals surface area (Å²) in [7, 11) is 0. The predicted octanol–water partition coefficient (Wildman–Crippen LogP) is 1.36. The molecule has 0 aromatic heterocycles. The number of hydrogen-bond acceptors (Lipinski definition) is 3. The van der Waals surface area contributed by atoms with E-state index >= 15 is 0 Å². The molecule has 2 amide bonds. The zero-order chi connectivity index (χ0) is 13.7. The van der Waals surface area contributed by atoms with E-state index < -0.39 is 0 Å². The fourth-order valence-electron chi connectivity index (χ4n) is 2.84. The summed E-state index contributed by atoms with van der Waals surface area (Å²) in [5, 5.41) is 11.8. The van der Waals surface area contributed by atoms with Gasteiger partial charge in [-0.25, -0.2) is 4.79 Å². The fourth-order valence-corrected chi connectivity index (χ4v) is 2.84. The SMILES string of the molecule is CC1(CNC(=O)N2CCC[C@H](OCCO)C2)CCC1. The maximum atomic E-state index is 12.1. The third-order valence-corrected chi connectivity index (χ3v) is 4.34. The molecule has 5 nitrogen and oxygen atoms in total. The highest BCUT2D eigenvalue weighted by Crippen LogP contribution is 2.39. The van der Waals surface area contributed by atoms with Crippen molar-refractivity contribution in [2.45, 2.75) is 45.1 Å². The van der Waals surface area contributed by atoms with Gasteiger partial charge >= 0.3 is 6.03 Å². The second kappa shape index (κ2) is 6.57. The second-order valence-corrected chi connectivity index (χ2v) is 6.13. The van der Waals surface area contributed by atoms with E-state index in [-0.39, 0.29) is 18.7 Å². The smallest absolute Gasteiger partial charge is 0.317 e. The molecular weight excluding hydrogens is 244 g/mol. The van der Waals surface area contributed by atoms with Crippen LogP contribution in [-0.4, -0.2) is 55.0 Å². The summed E-state index contributed by atoms with van der Waals surface area (Å²) in [6, 6.07) is 0.0328. The molecule has 1 atom stereocenters. The minimum absolute atomic E-state index is 0.0328. The molecule has 1 saturated carbocycles. The number of likely N-dealkylation sites (tertiary alicyclic amines) is 1. The Morgan fingerprint density at radius 1 is 1.47 bits per heavy atom. The number of nitrogens with one attached hydrogen (secondary N) is 1. The number of carbonyl (C=O) groups excluding carboxylic acids is 1. The first-order valence-corrected chi connectivity index (χ1v) is 7.38. The van der Waals surface area contributed by atoms with Crippen LogP contribution in [-0.2, 0) is 4.74 Å². The first-order valence-electron chi connectivity index (χ1n) is 7.38. The van der Waals surface area contributed by atoms with Gasteiger partial charge in [-0.3, -0.25) is 0 Å². The van der Waals surface area contributed by atoms with Crippen LogP contribution in [0.5, 0.6) is 0 Å². The van der Waals surface area contributed by atoms with Gasteiger partial charge in [-0.15, -0.1) is 0 Å². The van der Waals surface area contributed by atoms with Gasteiger partial charge in [-0.05, 0) is 31.1 Å². The van der Waals surface area contributed by atoms with E-state index in [9.17, 15) is 4.79 Å². The van der Waals surface area contributed by atoms with Gasteiger partial charge in [0.2, 0.25) is 0 Å². The average Bonchev–Trinajstić information content (AvgIpc) is 2.40. The van der Waals surface area contributed by atoms with Crippen LogP contribution in [0, 0.1) is 5.41 Å². The van der Waals surface area contributed by atoms with Crippen LogP contribution < -0.4 is 5.32 Å². The molecule has 1 heterocycles. The highest BCUT2D eigenvalue weighted by molar-refractivity contribution is 5.74. The Hall–Kier alpha value is -0.810. The van der Waals surface area contributed by atoms with E-state index in [0.717, 1.165) is 25.9 Å². The van der Waals surface area contributed by atoms with Crippen molar-refractivity contribution in [1.29, 1.82) is 0 Å². The fraction of sp³-hybridized carbons (Fsp3) is 0.929. The average molecular weight is 270 g/mol. The molecule has 0 radical (unpaired) electrons. The second-order valence-electron chi connectivity index (χ2n) is 6.13. The number of aliphatic hydroxyl groups excluding tert-OH is 1. The number of piperidine rings is 1. The van der Waals surface area contributed by atoms with Crippen LogP contribution >= 0.6 is 0 Å². The van der Waals surface area contributed by atoms with Gasteiger partial charge in [0.25, 0.3) is 0 Å². The number of aliphatic hydroxyl groups is 1. The Morgan fingerprint density at radius 2 is 2.26 bits per heavy atom. The quantitative estimate of drug-likeness (QED) is 0.793. The van der Waals surface area contributed by atoms with Crippen LogP contribution in [0.3, 0.4) is 0 Å². The molecule has 2 rings (SSSR count). The Kier molecular flexibility index (Phi) is 5.05. The highest BCUT2D eigenvalue weighted by atomic mass is 16.5. The predicted molar refractivity (Wildman–Crippen MR) is 73.0 cm³/mol. The molecular formula is C14H26N2O3. The normalized spacial score (nSPS) is 25.8. The van der Waals surface area contributed by atoms with Crippen LogP contribution in [0.15, 0.2) is 0 Å². The van der Waals surface area contributed by atoms with Crippen LogP contribution in [0.1, 0.15) is 39.0 Å². The number of hydrogen-bond donors (Lipinski definition) is 2. The van der Waals surface area contributed by atoms with Gasteiger partial charge in [-0.2, -0.15) is 0 Å². The van der Waals surface area contributed by atoms with Crippen LogP contribution in [0.4, 0.5) is 4.79 Å². The molecule has 0 unspecified atom stereocenters. The molecule has 1 saturated heterocycles.